The maximum Gasteiger partial charge on any atom is 0.472 e. The SMILES string of the molecule is CCCCCCCCCCCCCCCCC(=O)O[C@H](COC(=O)CCCCCCCCCC)COP(=O)(O)OC[C@H](O)COP(=O)(O)OC[C@@H](COC(=O)CCCCCCCCCCCCC(C)CC)OC(=O)CCCCCCCCCCCCCCCCC(C)CC. The lowest BCUT2D eigenvalue weighted by molar-refractivity contribution is -0.161. The number of carbonyl (C=O) groups is 4. The molecule has 0 aliphatic carbocycles. The van der Waals surface area contributed by atoms with Crippen LogP contribution in [0.15, 0.2) is 0 Å². The first-order chi connectivity index (χ1) is 45.4. The average molecular weight is 1380 g/mol. The van der Waals surface area contributed by atoms with Gasteiger partial charge in [0.2, 0.25) is 0 Å². The number of phosphoric ester groups is 2. The third-order valence-corrected chi connectivity index (χ3v) is 20.1. The second-order valence-corrected chi connectivity index (χ2v) is 30.4. The Morgan fingerprint density at radius 1 is 0.298 bits per heavy atom. The van der Waals surface area contributed by atoms with E-state index in [9.17, 15) is 43.2 Å². The van der Waals surface area contributed by atoms with Gasteiger partial charge in [-0.1, -0.05) is 337 Å². The number of aliphatic hydroxyl groups is 1. The van der Waals surface area contributed by atoms with E-state index in [2.05, 4.69) is 41.5 Å². The van der Waals surface area contributed by atoms with Crippen LogP contribution in [-0.4, -0.2) is 96.7 Å². The first-order valence-corrected chi connectivity index (χ1v) is 42.1. The van der Waals surface area contributed by atoms with E-state index in [1.807, 2.05) is 0 Å². The Morgan fingerprint density at radius 2 is 0.511 bits per heavy atom. The predicted octanol–water partition coefficient (Wildman–Crippen LogP) is 21.9. The summed E-state index contributed by atoms with van der Waals surface area (Å²) < 4.78 is 68.4. The van der Waals surface area contributed by atoms with Crippen LogP contribution in [0.2, 0.25) is 0 Å². The van der Waals surface area contributed by atoms with Crippen molar-refractivity contribution in [1.29, 1.82) is 0 Å². The maximum absolute atomic E-state index is 13.1. The summed E-state index contributed by atoms with van der Waals surface area (Å²) in [5.41, 5.74) is 0. The van der Waals surface area contributed by atoms with Gasteiger partial charge in [0.05, 0.1) is 26.4 Å². The van der Waals surface area contributed by atoms with Gasteiger partial charge in [0.25, 0.3) is 0 Å². The van der Waals surface area contributed by atoms with E-state index in [0.717, 1.165) is 108 Å². The smallest absolute Gasteiger partial charge is 0.462 e. The molecule has 4 unspecified atom stereocenters. The van der Waals surface area contributed by atoms with Gasteiger partial charge in [-0.2, -0.15) is 0 Å². The number of aliphatic hydroxyl groups excluding tert-OH is 1. The summed E-state index contributed by atoms with van der Waals surface area (Å²) in [5, 5.41) is 10.6. The highest BCUT2D eigenvalue weighted by Gasteiger charge is 2.30. The topological polar surface area (TPSA) is 237 Å². The summed E-state index contributed by atoms with van der Waals surface area (Å²) in [7, 11) is -9.91. The fourth-order valence-electron chi connectivity index (χ4n) is 11.4. The van der Waals surface area contributed by atoms with Gasteiger partial charge in [0.1, 0.15) is 19.3 Å². The van der Waals surface area contributed by atoms with Crippen molar-refractivity contribution in [1.82, 2.24) is 0 Å². The lowest BCUT2D eigenvalue weighted by Crippen LogP contribution is -2.30. The van der Waals surface area contributed by atoms with E-state index >= 15 is 0 Å². The van der Waals surface area contributed by atoms with Gasteiger partial charge in [-0.3, -0.25) is 37.3 Å². The molecule has 0 saturated heterocycles. The number of ether oxygens (including phenoxy) is 4. The van der Waals surface area contributed by atoms with Crippen molar-refractivity contribution in [3.8, 4) is 0 Å². The predicted molar refractivity (Wildman–Crippen MR) is 381 cm³/mol. The Morgan fingerprint density at radius 3 is 0.755 bits per heavy atom. The minimum absolute atomic E-state index is 0.108. The van der Waals surface area contributed by atoms with Crippen LogP contribution in [0.25, 0.3) is 0 Å². The molecule has 0 aliphatic heterocycles. The summed E-state index contributed by atoms with van der Waals surface area (Å²) >= 11 is 0. The van der Waals surface area contributed by atoms with Crippen LogP contribution in [-0.2, 0) is 65.4 Å². The second-order valence-electron chi connectivity index (χ2n) is 27.5. The van der Waals surface area contributed by atoms with Crippen molar-refractivity contribution in [2.75, 3.05) is 39.6 Å². The zero-order chi connectivity index (χ0) is 69.3. The number of hydrogen-bond donors (Lipinski definition) is 3. The van der Waals surface area contributed by atoms with Crippen LogP contribution in [0, 0.1) is 11.8 Å². The molecule has 0 rings (SSSR count). The zero-order valence-corrected chi connectivity index (χ0v) is 63.1. The zero-order valence-electron chi connectivity index (χ0n) is 61.3. The summed E-state index contributed by atoms with van der Waals surface area (Å²) in [6.45, 7) is 9.65. The molecule has 7 atom stereocenters. The van der Waals surface area contributed by atoms with Crippen molar-refractivity contribution >= 4 is 39.5 Å². The Hall–Kier alpha value is -1.94. The molecule has 0 amide bonds. The molecule has 17 nitrogen and oxygen atoms in total. The standard InChI is InChI=1S/C75H146O17P2/c1-7-11-13-15-17-19-20-21-25-28-35-41-47-53-59-74(79)91-70(63-85-72(77)57-51-45-39-18-16-14-12-8-2)65-89-93(81,82)87-61-69(76)62-88-94(83,84)90-66-71(64-86-73(78)58-52-46-40-34-31-30-33-38-44-50-56-68(6)10-4)92-75(80)60-54-48-42-36-29-26-23-22-24-27-32-37-43-49-55-67(5)9-3/h67-71,76H,7-66H2,1-6H3,(H,81,82)(H,83,84)/t67?,68?,69-,70+,71+/m0/s1. The van der Waals surface area contributed by atoms with Gasteiger partial charge in [-0.05, 0) is 37.5 Å². The van der Waals surface area contributed by atoms with Gasteiger partial charge in [-0.15, -0.1) is 0 Å². The number of phosphoric acid groups is 2. The van der Waals surface area contributed by atoms with Crippen LogP contribution < -0.4 is 0 Å². The van der Waals surface area contributed by atoms with Crippen molar-refractivity contribution in [3.63, 3.8) is 0 Å². The van der Waals surface area contributed by atoms with E-state index in [1.165, 1.54) is 199 Å². The molecule has 0 aromatic carbocycles. The maximum atomic E-state index is 13.1. The Balaban J connectivity index is 5.22. The molecule has 3 N–H and O–H groups in total. The summed E-state index contributed by atoms with van der Waals surface area (Å²) in [6, 6.07) is 0. The first kappa shape index (κ1) is 92.1. The molecule has 0 fully saturated rings. The number of rotatable bonds is 74. The van der Waals surface area contributed by atoms with E-state index < -0.39 is 97.5 Å². The fraction of sp³-hybridized carbons (Fsp3) is 0.947. The van der Waals surface area contributed by atoms with Crippen LogP contribution in [0.1, 0.15) is 388 Å². The third kappa shape index (κ3) is 66.0. The lowest BCUT2D eigenvalue weighted by atomic mass is 9.99. The molecule has 0 aromatic rings. The molecular formula is C75H146O17P2. The largest absolute Gasteiger partial charge is 0.472 e. The van der Waals surface area contributed by atoms with Crippen LogP contribution in [0.4, 0.5) is 0 Å². The van der Waals surface area contributed by atoms with Gasteiger partial charge in [0, 0.05) is 25.7 Å². The second kappa shape index (κ2) is 66.9. The van der Waals surface area contributed by atoms with E-state index in [-0.39, 0.29) is 25.7 Å². The molecule has 0 aliphatic rings. The van der Waals surface area contributed by atoms with Gasteiger partial charge >= 0.3 is 39.5 Å². The third-order valence-electron chi connectivity index (χ3n) is 18.2. The minimum Gasteiger partial charge on any atom is -0.462 e. The summed E-state index contributed by atoms with van der Waals surface area (Å²) in [4.78, 5) is 72.7. The van der Waals surface area contributed by atoms with Gasteiger partial charge in [0.15, 0.2) is 12.2 Å². The molecule has 19 heteroatoms. The normalized spacial score (nSPS) is 14.6. The Bertz CT molecular complexity index is 1820. The molecule has 94 heavy (non-hydrogen) atoms. The molecule has 558 valence electrons. The number of esters is 4. The molecule has 0 spiro atoms. The fourth-order valence-corrected chi connectivity index (χ4v) is 13.0. The highest BCUT2D eigenvalue weighted by atomic mass is 31.2. The van der Waals surface area contributed by atoms with Gasteiger partial charge < -0.3 is 33.8 Å². The quantitative estimate of drug-likeness (QED) is 0.0222. The molecule has 0 aromatic heterocycles. The molecule has 0 saturated carbocycles. The lowest BCUT2D eigenvalue weighted by Gasteiger charge is -2.21. The minimum atomic E-state index is -4.96. The van der Waals surface area contributed by atoms with Crippen LogP contribution in [0.5, 0.6) is 0 Å². The number of carbonyl (C=O) groups excluding carboxylic acids is 4. The number of hydrogen-bond acceptors (Lipinski definition) is 15. The molecule has 0 heterocycles. The summed E-state index contributed by atoms with van der Waals surface area (Å²) in [5.74, 6) is -0.462. The highest BCUT2D eigenvalue weighted by Crippen LogP contribution is 2.45. The van der Waals surface area contributed by atoms with Crippen molar-refractivity contribution in [2.45, 2.75) is 407 Å². The van der Waals surface area contributed by atoms with E-state index in [0.29, 0.717) is 25.7 Å². The van der Waals surface area contributed by atoms with Crippen molar-refractivity contribution in [2.24, 2.45) is 11.8 Å². The first-order valence-electron chi connectivity index (χ1n) is 39.1. The summed E-state index contributed by atoms with van der Waals surface area (Å²) in [6.07, 6.45) is 53.9. The number of unbranched alkanes of at least 4 members (excludes halogenated alkanes) is 42. The Labute approximate surface area is 575 Å². The van der Waals surface area contributed by atoms with Crippen LogP contribution in [0.3, 0.4) is 0 Å². The molecule has 0 bridgehead atoms. The molecule has 0 radical (unpaired) electrons. The highest BCUT2D eigenvalue weighted by molar-refractivity contribution is 7.47. The van der Waals surface area contributed by atoms with Crippen LogP contribution >= 0.6 is 15.6 Å². The molecular weight excluding hydrogens is 1230 g/mol. The van der Waals surface area contributed by atoms with Gasteiger partial charge in [-0.25, -0.2) is 9.13 Å². The average Bonchev–Trinajstić information content (AvgIpc) is 1.64. The van der Waals surface area contributed by atoms with E-state index in [1.54, 1.807) is 0 Å². The monoisotopic (exact) mass is 1380 g/mol. The Kier molecular flexibility index (Phi) is 65.5. The van der Waals surface area contributed by atoms with Crippen molar-refractivity contribution < 1.29 is 80.2 Å². The van der Waals surface area contributed by atoms with E-state index in [4.69, 9.17) is 37.0 Å². The van der Waals surface area contributed by atoms with Crippen molar-refractivity contribution in [3.05, 3.63) is 0 Å².